The smallest absolute Gasteiger partial charge is 0.270 e. The van der Waals surface area contributed by atoms with Crippen LogP contribution in [-0.4, -0.2) is 29.9 Å². The van der Waals surface area contributed by atoms with Crippen molar-refractivity contribution >= 4 is 44.1 Å². The van der Waals surface area contributed by atoms with Crippen LogP contribution in [0.3, 0.4) is 0 Å². The molecule has 2 N–H and O–H groups in total. The number of hydrogen-bond donors (Lipinski definition) is 2. The lowest BCUT2D eigenvalue weighted by molar-refractivity contribution is -0.385. The topological polar surface area (TPSA) is 136 Å². The molecule has 0 aliphatic carbocycles. The Morgan fingerprint density at radius 2 is 1.64 bits per heavy atom. The fourth-order valence-electron chi connectivity index (χ4n) is 3.08. The zero-order chi connectivity index (χ0) is 23.4. The van der Waals surface area contributed by atoms with Crippen molar-refractivity contribution in [1.82, 2.24) is 9.97 Å². The first-order chi connectivity index (χ1) is 15.9. The monoisotopic (exact) mass is 465 g/mol. The Hall–Kier alpha value is -4.25. The van der Waals surface area contributed by atoms with Gasteiger partial charge in [0.1, 0.15) is 5.75 Å². The number of nitrogens with one attached hydrogen (secondary N) is 2. The molecule has 0 bridgehead atoms. The van der Waals surface area contributed by atoms with Crippen molar-refractivity contribution in [2.45, 2.75) is 11.8 Å². The number of nitrogens with zero attached hydrogens (tertiary/aromatic N) is 3. The number of anilines is 3. The quantitative estimate of drug-likeness (QED) is 0.287. The van der Waals surface area contributed by atoms with Crippen LogP contribution in [0.25, 0.3) is 11.0 Å². The molecule has 3 aromatic carbocycles. The van der Waals surface area contributed by atoms with Gasteiger partial charge in [0.15, 0.2) is 11.6 Å². The van der Waals surface area contributed by atoms with Gasteiger partial charge in [-0.15, -0.1) is 0 Å². The fraction of sp³-hybridized carbons (Fsp3) is 0.0909. The first-order valence-electron chi connectivity index (χ1n) is 9.89. The van der Waals surface area contributed by atoms with E-state index >= 15 is 0 Å². The summed E-state index contributed by atoms with van der Waals surface area (Å²) in [5, 5.41) is 14.1. The molecular formula is C22H19N5O5S. The second kappa shape index (κ2) is 9.09. The van der Waals surface area contributed by atoms with Crippen molar-refractivity contribution in [2.24, 2.45) is 0 Å². The van der Waals surface area contributed by atoms with Crippen molar-refractivity contribution in [1.29, 1.82) is 0 Å². The van der Waals surface area contributed by atoms with Gasteiger partial charge in [0.2, 0.25) is 0 Å². The first-order valence-corrected chi connectivity index (χ1v) is 11.4. The van der Waals surface area contributed by atoms with Crippen LogP contribution in [0.5, 0.6) is 5.75 Å². The van der Waals surface area contributed by atoms with Crippen LogP contribution in [0.15, 0.2) is 77.7 Å². The number of nitro groups is 1. The largest absolute Gasteiger partial charge is 0.494 e. The minimum atomic E-state index is -4.19. The van der Waals surface area contributed by atoms with E-state index in [-0.39, 0.29) is 22.2 Å². The first kappa shape index (κ1) is 22.0. The van der Waals surface area contributed by atoms with E-state index in [4.69, 9.17) is 4.74 Å². The summed E-state index contributed by atoms with van der Waals surface area (Å²) in [5.41, 5.74) is 1.30. The Kier molecular flexibility index (Phi) is 6.05. The van der Waals surface area contributed by atoms with Gasteiger partial charge < -0.3 is 10.1 Å². The lowest BCUT2D eigenvalue weighted by Crippen LogP contribution is -2.16. The highest BCUT2D eigenvalue weighted by Crippen LogP contribution is 2.29. The third-order valence-corrected chi connectivity index (χ3v) is 5.88. The third-order valence-electron chi connectivity index (χ3n) is 4.55. The minimum absolute atomic E-state index is 0.0537. The van der Waals surface area contributed by atoms with Crippen LogP contribution in [0.4, 0.5) is 23.0 Å². The predicted molar refractivity (Wildman–Crippen MR) is 124 cm³/mol. The number of non-ortho nitro benzene ring substituents is 1. The highest BCUT2D eigenvalue weighted by atomic mass is 32.2. The Morgan fingerprint density at radius 1 is 0.939 bits per heavy atom. The molecule has 33 heavy (non-hydrogen) atoms. The van der Waals surface area contributed by atoms with E-state index in [9.17, 15) is 18.5 Å². The predicted octanol–water partition coefficient (Wildman–Crippen LogP) is 4.48. The van der Waals surface area contributed by atoms with Crippen LogP contribution >= 0.6 is 0 Å². The van der Waals surface area contributed by atoms with Crippen LogP contribution in [0.2, 0.25) is 0 Å². The summed E-state index contributed by atoms with van der Waals surface area (Å²) in [4.78, 5) is 19.1. The molecule has 0 spiro atoms. The average molecular weight is 465 g/mol. The molecule has 0 saturated carbocycles. The van der Waals surface area contributed by atoms with Crippen molar-refractivity contribution in [3.05, 3.63) is 82.9 Å². The molecule has 0 saturated heterocycles. The van der Waals surface area contributed by atoms with Crippen molar-refractivity contribution in [2.75, 3.05) is 16.6 Å². The maximum Gasteiger partial charge on any atom is 0.270 e. The molecule has 11 heteroatoms. The highest BCUT2D eigenvalue weighted by molar-refractivity contribution is 7.92. The zero-order valence-corrected chi connectivity index (χ0v) is 18.2. The molecule has 0 aliphatic rings. The Bertz CT molecular complexity index is 1440. The summed E-state index contributed by atoms with van der Waals surface area (Å²) in [6, 6.07) is 18.9. The summed E-state index contributed by atoms with van der Waals surface area (Å²) >= 11 is 0. The normalized spacial score (nSPS) is 11.2. The van der Waals surface area contributed by atoms with Crippen LogP contribution in [0, 0.1) is 10.1 Å². The summed E-state index contributed by atoms with van der Waals surface area (Å²) in [5.74, 6) is 0.744. The van der Waals surface area contributed by atoms with Gasteiger partial charge >= 0.3 is 0 Å². The summed E-state index contributed by atoms with van der Waals surface area (Å²) in [6.45, 7) is 2.36. The molecule has 0 atom stereocenters. The number of ether oxygens (including phenoxy) is 1. The lowest BCUT2D eigenvalue weighted by Gasteiger charge is -2.14. The van der Waals surface area contributed by atoms with Crippen LogP contribution in [0.1, 0.15) is 6.92 Å². The number of nitro benzene ring substituents is 1. The molecule has 0 amide bonds. The van der Waals surface area contributed by atoms with Crippen LogP contribution in [-0.2, 0) is 10.0 Å². The van der Waals surface area contributed by atoms with Gasteiger partial charge in [0.05, 0.1) is 27.5 Å². The standard InChI is InChI=1S/C22H19N5O5S/c1-2-32-17-9-5-7-15(13-17)23-21-22(25-20-12-4-3-11-19(20)24-21)26-33(30,31)18-10-6-8-16(14-18)27(28)29/h3-14H,2H2,1H3,(H,23,24)(H,25,26). The maximum absolute atomic E-state index is 13.0. The highest BCUT2D eigenvalue weighted by Gasteiger charge is 2.21. The minimum Gasteiger partial charge on any atom is -0.494 e. The SMILES string of the molecule is CCOc1cccc(Nc2nc3ccccc3nc2NS(=O)(=O)c2cccc([N+](=O)[O-])c2)c1. The van der Waals surface area contributed by atoms with Gasteiger partial charge in [-0.2, -0.15) is 0 Å². The number of para-hydroxylation sites is 2. The average Bonchev–Trinajstić information content (AvgIpc) is 2.80. The number of hydrogen-bond acceptors (Lipinski definition) is 8. The van der Waals surface area contributed by atoms with E-state index in [1.165, 1.54) is 18.2 Å². The molecule has 4 aromatic rings. The van der Waals surface area contributed by atoms with Gasteiger partial charge in [-0.05, 0) is 37.3 Å². The molecule has 4 rings (SSSR count). The van der Waals surface area contributed by atoms with Gasteiger partial charge in [-0.25, -0.2) is 18.4 Å². The molecule has 0 aliphatic heterocycles. The van der Waals surface area contributed by atoms with Gasteiger partial charge in [-0.3, -0.25) is 14.8 Å². The Labute approximate surface area is 189 Å². The summed E-state index contributed by atoms with van der Waals surface area (Å²) < 4.78 is 33.9. The molecule has 0 fully saturated rings. The fourth-order valence-corrected chi connectivity index (χ4v) is 4.12. The van der Waals surface area contributed by atoms with Crippen LogP contribution < -0.4 is 14.8 Å². The lowest BCUT2D eigenvalue weighted by atomic mass is 10.3. The summed E-state index contributed by atoms with van der Waals surface area (Å²) in [6.07, 6.45) is 0. The zero-order valence-electron chi connectivity index (χ0n) is 17.4. The van der Waals surface area contributed by atoms with Crippen molar-refractivity contribution in [3.63, 3.8) is 0 Å². The van der Waals surface area contributed by atoms with E-state index in [1.54, 1.807) is 48.5 Å². The van der Waals surface area contributed by atoms with Crippen molar-refractivity contribution in [3.8, 4) is 5.75 Å². The number of benzene rings is 3. The second-order valence-electron chi connectivity index (χ2n) is 6.86. The van der Waals surface area contributed by atoms with Gasteiger partial charge in [0, 0.05) is 23.9 Å². The second-order valence-corrected chi connectivity index (χ2v) is 8.54. The van der Waals surface area contributed by atoms with Crippen molar-refractivity contribution < 1.29 is 18.1 Å². The maximum atomic E-state index is 13.0. The number of rotatable bonds is 8. The molecule has 0 unspecified atom stereocenters. The summed E-state index contributed by atoms with van der Waals surface area (Å²) in [7, 11) is -4.19. The Balaban J connectivity index is 1.75. The molecule has 0 radical (unpaired) electrons. The number of sulfonamides is 1. The molecule has 10 nitrogen and oxygen atoms in total. The Morgan fingerprint density at radius 3 is 2.33 bits per heavy atom. The van der Waals surface area contributed by atoms with E-state index in [0.717, 1.165) is 6.07 Å². The molecule has 168 valence electrons. The van der Waals surface area contributed by atoms with Gasteiger partial charge in [0.25, 0.3) is 15.7 Å². The van der Waals surface area contributed by atoms with E-state index in [2.05, 4.69) is 20.0 Å². The van der Waals surface area contributed by atoms with E-state index in [0.29, 0.717) is 29.1 Å². The van der Waals surface area contributed by atoms with Gasteiger partial charge in [-0.1, -0.05) is 24.3 Å². The molecule has 1 heterocycles. The van der Waals surface area contributed by atoms with E-state index in [1.807, 2.05) is 6.92 Å². The van der Waals surface area contributed by atoms with E-state index < -0.39 is 14.9 Å². The number of aromatic nitrogens is 2. The molecular weight excluding hydrogens is 446 g/mol. The molecule has 1 aromatic heterocycles. The number of fused-ring (bicyclic) bond motifs is 1. The third kappa shape index (κ3) is 4.99.